The molecule has 0 aliphatic carbocycles. The maximum absolute atomic E-state index is 12.3. The SMILES string of the molecule is Cn1nccc1C(=O)NC1CCCN(c2cnccc2C#N)C1. The van der Waals surface area contributed by atoms with Gasteiger partial charge in [0.25, 0.3) is 5.91 Å². The van der Waals surface area contributed by atoms with Crippen LogP contribution in [0, 0.1) is 11.3 Å². The summed E-state index contributed by atoms with van der Waals surface area (Å²) in [6, 6.07) is 5.65. The molecule has 3 heterocycles. The fourth-order valence-electron chi connectivity index (χ4n) is 2.90. The zero-order valence-electron chi connectivity index (χ0n) is 12.9. The maximum Gasteiger partial charge on any atom is 0.269 e. The lowest BCUT2D eigenvalue weighted by Gasteiger charge is -2.34. The Labute approximate surface area is 134 Å². The smallest absolute Gasteiger partial charge is 0.269 e. The first kappa shape index (κ1) is 15.0. The summed E-state index contributed by atoms with van der Waals surface area (Å²) in [6.45, 7) is 1.53. The molecule has 2 aromatic rings. The highest BCUT2D eigenvalue weighted by Crippen LogP contribution is 2.22. The van der Waals surface area contributed by atoms with Gasteiger partial charge in [-0.05, 0) is 25.0 Å². The third-order valence-electron chi connectivity index (χ3n) is 4.07. The maximum atomic E-state index is 12.3. The lowest BCUT2D eigenvalue weighted by atomic mass is 10.0. The van der Waals surface area contributed by atoms with Gasteiger partial charge < -0.3 is 10.2 Å². The van der Waals surface area contributed by atoms with Gasteiger partial charge in [-0.15, -0.1) is 0 Å². The van der Waals surface area contributed by atoms with Crippen molar-refractivity contribution < 1.29 is 4.79 Å². The van der Waals surface area contributed by atoms with E-state index in [1.807, 2.05) is 0 Å². The quantitative estimate of drug-likeness (QED) is 0.917. The minimum atomic E-state index is -0.122. The molecule has 1 N–H and O–H groups in total. The highest BCUT2D eigenvalue weighted by Gasteiger charge is 2.24. The van der Waals surface area contributed by atoms with Crippen LogP contribution in [0.5, 0.6) is 0 Å². The summed E-state index contributed by atoms with van der Waals surface area (Å²) >= 11 is 0. The third-order valence-corrected chi connectivity index (χ3v) is 4.07. The van der Waals surface area contributed by atoms with Gasteiger partial charge in [0.05, 0.1) is 17.4 Å². The number of hydrogen-bond acceptors (Lipinski definition) is 5. The fourth-order valence-corrected chi connectivity index (χ4v) is 2.90. The van der Waals surface area contributed by atoms with Gasteiger partial charge >= 0.3 is 0 Å². The van der Waals surface area contributed by atoms with Gasteiger partial charge in [-0.3, -0.25) is 14.5 Å². The number of nitrogens with zero attached hydrogens (tertiary/aromatic N) is 5. The molecule has 1 aliphatic rings. The summed E-state index contributed by atoms with van der Waals surface area (Å²) in [7, 11) is 1.75. The predicted octanol–water partition coefficient (Wildman–Crippen LogP) is 1.09. The van der Waals surface area contributed by atoms with Crippen molar-refractivity contribution in [1.82, 2.24) is 20.1 Å². The van der Waals surface area contributed by atoms with Crippen molar-refractivity contribution in [1.29, 1.82) is 5.26 Å². The molecule has 0 spiro atoms. The van der Waals surface area contributed by atoms with Crippen molar-refractivity contribution in [2.75, 3.05) is 18.0 Å². The van der Waals surface area contributed by atoms with Crippen molar-refractivity contribution in [2.24, 2.45) is 7.05 Å². The number of amides is 1. The minimum Gasteiger partial charge on any atom is -0.367 e. The molecular weight excluding hydrogens is 292 g/mol. The molecule has 1 amide bonds. The molecule has 7 heteroatoms. The van der Waals surface area contributed by atoms with Crippen LogP contribution in [0.3, 0.4) is 0 Å². The topological polar surface area (TPSA) is 86.8 Å². The summed E-state index contributed by atoms with van der Waals surface area (Å²) in [4.78, 5) is 18.5. The van der Waals surface area contributed by atoms with Crippen molar-refractivity contribution in [3.63, 3.8) is 0 Å². The number of aromatic nitrogens is 3. The van der Waals surface area contributed by atoms with Gasteiger partial charge in [0.15, 0.2) is 0 Å². The van der Waals surface area contributed by atoms with E-state index < -0.39 is 0 Å². The van der Waals surface area contributed by atoms with Crippen LogP contribution >= 0.6 is 0 Å². The van der Waals surface area contributed by atoms with Gasteiger partial charge in [-0.2, -0.15) is 10.4 Å². The van der Waals surface area contributed by atoms with E-state index in [9.17, 15) is 10.1 Å². The van der Waals surface area contributed by atoms with E-state index in [1.165, 1.54) is 0 Å². The Morgan fingerprint density at radius 1 is 1.43 bits per heavy atom. The van der Waals surface area contributed by atoms with Crippen LogP contribution in [0.2, 0.25) is 0 Å². The molecule has 2 aromatic heterocycles. The molecule has 1 atom stereocenters. The molecule has 1 aliphatic heterocycles. The first-order valence-electron chi connectivity index (χ1n) is 7.57. The summed E-state index contributed by atoms with van der Waals surface area (Å²) in [5.74, 6) is -0.122. The molecule has 23 heavy (non-hydrogen) atoms. The van der Waals surface area contributed by atoms with Crippen molar-refractivity contribution in [2.45, 2.75) is 18.9 Å². The van der Waals surface area contributed by atoms with E-state index in [4.69, 9.17) is 0 Å². The van der Waals surface area contributed by atoms with Gasteiger partial charge in [0, 0.05) is 38.6 Å². The van der Waals surface area contributed by atoms with E-state index in [-0.39, 0.29) is 11.9 Å². The molecule has 118 valence electrons. The zero-order chi connectivity index (χ0) is 16.2. The summed E-state index contributed by atoms with van der Waals surface area (Å²) in [5.41, 5.74) is 1.98. The van der Waals surface area contributed by atoms with Gasteiger partial charge in [-0.25, -0.2) is 0 Å². The lowest BCUT2D eigenvalue weighted by Crippen LogP contribution is -2.48. The first-order chi connectivity index (χ1) is 11.2. The highest BCUT2D eigenvalue weighted by molar-refractivity contribution is 5.92. The number of nitriles is 1. The molecular formula is C16H18N6O. The summed E-state index contributed by atoms with van der Waals surface area (Å²) in [5, 5.41) is 16.3. The molecule has 7 nitrogen and oxygen atoms in total. The molecule has 1 saturated heterocycles. The number of rotatable bonds is 3. The number of pyridine rings is 1. The average molecular weight is 310 g/mol. The molecule has 0 aromatic carbocycles. The standard InChI is InChI=1S/C16H18N6O/c1-21-14(5-7-19-21)16(23)20-13-3-2-8-22(11-13)15-10-18-6-4-12(15)9-17/h4-7,10,13H,2-3,8,11H2,1H3,(H,20,23). The van der Waals surface area contributed by atoms with Gasteiger partial charge in [0.2, 0.25) is 0 Å². The Bertz CT molecular complexity index is 747. The molecule has 1 fully saturated rings. The fraction of sp³-hybridized carbons (Fsp3) is 0.375. The highest BCUT2D eigenvalue weighted by atomic mass is 16.2. The summed E-state index contributed by atoms with van der Waals surface area (Å²) in [6.07, 6.45) is 6.81. The third kappa shape index (κ3) is 3.16. The first-order valence-corrected chi connectivity index (χ1v) is 7.57. The van der Waals surface area contributed by atoms with Crippen LogP contribution in [0.4, 0.5) is 5.69 Å². The van der Waals surface area contributed by atoms with E-state index in [2.05, 4.69) is 26.4 Å². The minimum absolute atomic E-state index is 0.0397. The number of carbonyl (C=O) groups is 1. The van der Waals surface area contributed by atoms with E-state index in [1.54, 1.807) is 42.5 Å². The van der Waals surface area contributed by atoms with Crippen LogP contribution in [-0.4, -0.2) is 39.8 Å². The Hall–Kier alpha value is -2.88. The van der Waals surface area contributed by atoms with Crippen LogP contribution in [0.15, 0.2) is 30.7 Å². The Morgan fingerprint density at radius 2 is 2.30 bits per heavy atom. The number of carbonyl (C=O) groups excluding carboxylic acids is 1. The van der Waals surface area contributed by atoms with Crippen LogP contribution in [0.1, 0.15) is 28.9 Å². The molecule has 1 unspecified atom stereocenters. The zero-order valence-corrected chi connectivity index (χ0v) is 12.9. The van der Waals surface area contributed by atoms with E-state index in [0.29, 0.717) is 17.8 Å². The second kappa shape index (κ2) is 6.48. The van der Waals surface area contributed by atoms with Crippen LogP contribution in [0.25, 0.3) is 0 Å². The molecule has 0 bridgehead atoms. The van der Waals surface area contributed by atoms with E-state index in [0.717, 1.165) is 25.1 Å². The van der Waals surface area contributed by atoms with Gasteiger partial charge in [-0.1, -0.05) is 0 Å². The number of hydrogen-bond donors (Lipinski definition) is 1. The van der Waals surface area contributed by atoms with Crippen LogP contribution in [-0.2, 0) is 7.05 Å². The number of nitrogens with one attached hydrogen (secondary N) is 1. The average Bonchev–Trinajstić information content (AvgIpc) is 3.01. The van der Waals surface area contributed by atoms with Crippen molar-refractivity contribution >= 4 is 11.6 Å². The number of anilines is 1. The Balaban J connectivity index is 1.70. The lowest BCUT2D eigenvalue weighted by molar-refractivity contribution is 0.0923. The molecule has 0 saturated carbocycles. The number of aryl methyl sites for hydroxylation is 1. The molecule has 0 radical (unpaired) electrons. The van der Waals surface area contributed by atoms with Gasteiger partial charge in [0.1, 0.15) is 11.8 Å². The normalized spacial score (nSPS) is 17.6. The second-order valence-corrected chi connectivity index (χ2v) is 5.60. The van der Waals surface area contributed by atoms with Crippen molar-refractivity contribution in [3.8, 4) is 6.07 Å². The number of piperidine rings is 1. The summed E-state index contributed by atoms with van der Waals surface area (Å²) < 4.78 is 1.56. The second-order valence-electron chi connectivity index (χ2n) is 5.60. The molecule has 3 rings (SSSR count). The predicted molar refractivity (Wildman–Crippen MR) is 84.9 cm³/mol. The monoisotopic (exact) mass is 310 g/mol. The van der Waals surface area contributed by atoms with Crippen molar-refractivity contribution in [3.05, 3.63) is 42.0 Å². The Kier molecular flexibility index (Phi) is 4.24. The van der Waals surface area contributed by atoms with E-state index >= 15 is 0 Å². The Morgan fingerprint density at radius 3 is 3.04 bits per heavy atom. The largest absolute Gasteiger partial charge is 0.367 e. The van der Waals surface area contributed by atoms with Crippen LogP contribution < -0.4 is 10.2 Å².